The average molecular weight is 274 g/mol. The van der Waals surface area contributed by atoms with Gasteiger partial charge in [-0.25, -0.2) is 4.79 Å². The largest absolute Gasteiger partial charge is 0.478 e. The van der Waals surface area contributed by atoms with E-state index in [-0.39, 0.29) is 5.97 Å². The van der Waals surface area contributed by atoms with Gasteiger partial charge >= 0.3 is 11.9 Å². The number of hydrogen-bond donors (Lipinski definition) is 1. The van der Waals surface area contributed by atoms with Gasteiger partial charge in [0.1, 0.15) is 5.75 Å². The van der Waals surface area contributed by atoms with Crippen molar-refractivity contribution in [2.75, 3.05) is 0 Å². The molecule has 20 heavy (non-hydrogen) atoms. The molecular formula is C16H18O4. The van der Waals surface area contributed by atoms with Crippen LogP contribution in [0.4, 0.5) is 0 Å². The minimum atomic E-state index is -1.00. The minimum Gasteiger partial charge on any atom is -0.478 e. The predicted octanol–water partition coefficient (Wildman–Crippen LogP) is 3.22. The fraction of sp³-hybridized carbons (Fsp3) is 0.250. The molecule has 0 unspecified atom stereocenters. The van der Waals surface area contributed by atoms with E-state index in [1.165, 1.54) is 13.0 Å². The third kappa shape index (κ3) is 5.52. The molecule has 0 aliphatic heterocycles. The highest BCUT2D eigenvalue weighted by Crippen LogP contribution is 2.22. The quantitative estimate of drug-likeness (QED) is 0.387. The topological polar surface area (TPSA) is 63.6 Å². The average Bonchev–Trinajstić information content (AvgIpc) is 2.35. The number of ether oxygens (including phenoxy) is 1. The van der Waals surface area contributed by atoms with Crippen LogP contribution in [0.15, 0.2) is 35.9 Å². The van der Waals surface area contributed by atoms with Crippen LogP contribution in [0.3, 0.4) is 0 Å². The number of esters is 1. The number of carboxylic acids is 1. The lowest BCUT2D eigenvalue weighted by Crippen LogP contribution is -2.04. The molecule has 0 fully saturated rings. The maximum atomic E-state index is 11.1. The Labute approximate surface area is 118 Å². The van der Waals surface area contributed by atoms with Crippen LogP contribution in [-0.4, -0.2) is 17.0 Å². The summed E-state index contributed by atoms with van der Waals surface area (Å²) in [7, 11) is 0. The molecule has 106 valence electrons. The summed E-state index contributed by atoms with van der Waals surface area (Å²) < 4.78 is 5.15. The van der Waals surface area contributed by atoms with Crippen molar-refractivity contribution in [3.8, 4) is 5.75 Å². The molecule has 0 aliphatic carbocycles. The van der Waals surface area contributed by atoms with Crippen molar-refractivity contribution in [3.63, 3.8) is 0 Å². The lowest BCUT2D eigenvalue weighted by Gasteiger charge is -2.08. The van der Waals surface area contributed by atoms with E-state index in [0.717, 1.165) is 22.8 Å². The Kier molecular flexibility index (Phi) is 5.72. The molecule has 1 rings (SSSR count). The fourth-order valence-electron chi connectivity index (χ4n) is 1.60. The zero-order chi connectivity index (χ0) is 15.1. The molecule has 0 bridgehead atoms. The molecule has 0 saturated carbocycles. The van der Waals surface area contributed by atoms with Crippen LogP contribution in [-0.2, 0) is 16.0 Å². The van der Waals surface area contributed by atoms with Crippen LogP contribution in [0.2, 0.25) is 0 Å². The highest BCUT2D eigenvalue weighted by Gasteiger charge is 2.06. The number of aliphatic carboxylic acids is 1. The Hall–Kier alpha value is -2.36. The number of allylic oxidation sites excluding steroid dienone is 2. The first-order valence-electron chi connectivity index (χ1n) is 6.24. The van der Waals surface area contributed by atoms with E-state index in [1.807, 2.05) is 26.0 Å². The molecule has 0 atom stereocenters. The Morgan fingerprint density at radius 1 is 1.25 bits per heavy atom. The zero-order valence-electron chi connectivity index (χ0n) is 11.8. The highest BCUT2D eigenvalue weighted by molar-refractivity contribution is 5.85. The second kappa shape index (κ2) is 7.28. The number of rotatable bonds is 5. The van der Waals surface area contributed by atoms with E-state index >= 15 is 0 Å². The van der Waals surface area contributed by atoms with Crippen LogP contribution in [0, 0.1) is 0 Å². The normalized spacial score (nSPS) is 10.3. The summed E-state index contributed by atoms with van der Waals surface area (Å²) in [4.78, 5) is 21.6. The third-order valence-corrected chi connectivity index (χ3v) is 2.49. The smallest absolute Gasteiger partial charge is 0.328 e. The van der Waals surface area contributed by atoms with E-state index in [4.69, 9.17) is 9.84 Å². The van der Waals surface area contributed by atoms with Crippen LogP contribution < -0.4 is 4.74 Å². The van der Waals surface area contributed by atoms with Gasteiger partial charge in [0, 0.05) is 13.0 Å². The van der Waals surface area contributed by atoms with E-state index in [9.17, 15) is 9.59 Å². The summed E-state index contributed by atoms with van der Waals surface area (Å²) in [6, 6.07) is 5.21. The summed E-state index contributed by atoms with van der Waals surface area (Å²) in [5, 5.41) is 8.63. The molecule has 0 spiro atoms. The van der Waals surface area contributed by atoms with Gasteiger partial charge in [-0.2, -0.15) is 0 Å². The van der Waals surface area contributed by atoms with E-state index in [2.05, 4.69) is 0 Å². The molecule has 0 aromatic heterocycles. The molecule has 1 aromatic carbocycles. The van der Waals surface area contributed by atoms with Gasteiger partial charge in [-0.3, -0.25) is 4.79 Å². The first-order chi connectivity index (χ1) is 9.38. The van der Waals surface area contributed by atoms with Crippen LogP contribution in [0.25, 0.3) is 6.08 Å². The van der Waals surface area contributed by atoms with Crippen molar-refractivity contribution >= 4 is 18.0 Å². The van der Waals surface area contributed by atoms with Crippen molar-refractivity contribution in [1.82, 2.24) is 0 Å². The maximum Gasteiger partial charge on any atom is 0.328 e. The van der Waals surface area contributed by atoms with Gasteiger partial charge in [0.05, 0.1) is 0 Å². The van der Waals surface area contributed by atoms with Crippen molar-refractivity contribution in [1.29, 1.82) is 0 Å². The molecular weight excluding hydrogens is 256 g/mol. The fourth-order valence-corrected chi connectivity index (χ4v) is 1.60. The van der Waals surface area contributed by atoms with Gasteiger partial charge in [0.2, 0.25) is 0 Å². The number of benzene rings is 1. The Morgan fingerprint density at radius 3 is 2.50 bits per heavy atom. The van der Waals surface area contributed by atoms with E-state index in [1.54, 1.807) is 12.1 Å². The van der Waals surface area contributed by atoms with Gasteiger partial charge < -0.3 is 9.84 Å². The standard InChI is InChI=1S/C16H18O4/c1-11(2)4-7-14-10-13(6-9-16(18)19)5-8-15(14)20-12(3)17/h4-6,8-10H,7H2,1-3H3,(H,18,19). The van der Waals surface area contributed by atoms with Crippen molar-refractivity contribution in [2.45, 2.75) is 27.2 Å². The molecule has 0 heterocycles. The SMILES string of the molecule is CC(=O)Oc1ccc(C=CC(=O)O)cc1CC=C(C)C. The van der Waals surface area contributed by atoms with Crippen molar-refractivity contribution in [3.05, 3.63) is 47.1 Å². The van der Waals surface area contributed by atoms with Crippen LogP contribution in [0.1, 0.15) is 31.9 Å². The summed E-state index contributed by atoms with van der Waals surface area (Å²) in [5.41, 5.74) is 2.75. The Morgan fingerprint density at radius 2 is 1.95 bits per heavy atom. The van der Waals surface area contributed by atoms with Gasteiger partial charge in [0.25, 0.3) is 0 Å². The molecule has 0 aliphatic rings. The second-order valence-electron chi connectivity index (χ2n) is 4.62. The van der Waals surface area contributed by atoms with Gasteiger partial charge in [-0.05, 0) is 49.6 Å². The number of carboxylic acid groups (broad SMARTS) is 1. The molecule has 4 heteroatoms. The van der Waals surface area contributed by atoms with Crippen molar-refractivity contribution < 1.29 is 19.4 Å². The Bertz CT molecular complexity index is 564. The number of hydrogen-bond acceptors (Lipinski definition) is 3. The van der Waals surface area contributed by atoms with E-state index in [0.29, 0.717) is 12.2 Å². The first kappa shape index (κ1) is 15.7. The molecule has 0 amide bonds. The summed E-state index contributed by atoms with van der Waals surface area (Å²) in [6.07, 6.45) is 5.23. The summed E-state index contributed by atoms with van der Waals surface area (Å²) >= 11 is 0. The predicted molar refractivity (Wildman–Crippen MR) is 77.6 cm³/mol. The number of carbonyl (C=O) groups is 2. The van der Waals surface area contributed by atoms with Crippen molar-refractivity contribution in [2.24, 2.45) is 0 Å². The highest BCUT2D eigenvalue weighted by atomic mass is 16.5. The molecule has 0 saturated heterocycles. The second-order valence-corrected chi connectivity index (χ2v) is 4.62. The molecule has 1 aromatic rings. The molecule has 1 N–H and O–H groups in total. The maximum absolute atomic E-state index is 11.1. The number of carbonyl (C=O) groups excluding carboxylic acids is 1. The summed E-state index contributed by atoms with van der Waals surface area (Å²) in [6.45, 7) is 5.32. The van der Waals surface area contributed by atoms with Gasteiger partial charge in [-0.15, -0.1) is 0 Å². The van der Waals surface area contributed by atoms with E-state index < -0.39 is 5.97 Å². The van der Waals surface area contributed by atoms with Gasteiger partial charge in [0.15, 0.2) is 0 Å². The molecule has 0 radical (unpaired) electrons. The summed E-state index contributed by atoms with van der Waals surface area (Å²) in [5.74, 6) is -0.875. The molecule has 4 nitrogen and oxygen atoms in total. The van der Waals surface area contributed by atoms with Crippen LogP contribution >= 0.6 is 0 Å². The minimum absolute atomic E-state index is 0.378. The van der Waals surface area contributed by atoms with Crippen LogP contribution in [0.5, 0.6) is 5.75 Å². The lowest BCUT2D eigenvalue weighted by atomic mass is 10.0. The first-order valence-corrected chi connectivity index (χ1v) is 6.24. The Balaban J connectivity index is 3.10. The zero-order valence-corrected chi connectivity index (χ0v) is 11.8. The third-order valence-electron chi connectivity index (χ3n) is 2.49. The monoisotopic (exact) mass is 274 g/mol. The van der Waals surface area contributed by atoms with Gasteiger partial charge in [-0.1, -0.05) is 17.7 Å². The lowest BCUT2D eigenvalue weighted by molar-refractivity contribution is -0.132.